The van der Waals surface area contributed by atoms with E-state index in [2.05, 4.69) is 0 Å². The van der Waals surface area contributed by atoms with Crippen LogP contribution in [-0.4, -0.2) is 45.9 Å². The van der Waals surface area contributed by atoms with E-state index < -0.39 is 10.0 Å². The molecule has 0 radical (unpaired) electrons. The summed E-state index contributed by atoms with van der Waals surface area (Å²) in [7, 11) is -0.542. The third-order valence-corrected chi connectivity index (χ3v) is 6.70. The Morgan fingerprint density at radius 3 is 2.46 bits per heavy atom. The zero-order chi connectivity index (χ0) is 20.5. The van der Waals surface area contributed by atoms with E-state index in [1.54, 1.807) is 35.2 Å². The third kappa shape index (κ3) is 4.43. The van der Waals surface area contributed by atoms with E-state index in [1.807, 2.05) is 0 Å². The average molecular weight is 443 g/mol. The monoisotopic (exact) mass is 442 g/mol. The van der Waals surface area contributed by atoms with Gasteiger partial charge in [0, 0.05) is 36.4 Å². The topological polar surface area (TPSA) is 66.9 Å². The number of ether oxygens (including phenoxy) is 1. The van der Waals surface area contributed by atoms with Crippen molar-refractivity contribution < 1.29 is 17.9 Å². The van der Waals surface area contributed by atoms with E-state index in [1.165, 1.54) is 24.5 Å². The Labute approximate surface area is 174 Å². The number of halogens is 2. The number of hydrogen-bond donors (Lipinski definition) is 0. The molecule has 2 aromatic rings. The highest BCUT2D eigenvalue weighted by atomic mass is 35.5. The molecule has 2 aromatic carbocycles. The molecule has 0 fully saturated rings. The van der Waals surface area contributed by atoms with Crippen molar-refractivity contribution in [2.75, 3.05) is 32.1 Å². The molecule has 0 spiro atoms. The first-order valence-corrected chi connectivity index (χ1v) is 10.8. The van der Waals surface area contributed by atoms with Crippen LogP contribution in [0.5, 0.6) is 5.75 Å². The van der Waals surface area contributed by atoms with Crippen molar-refractivity contribution in [2.45, 2.75) is 17.7 Å². The first-order chi connectivity index (χ1) is 13.2. The molecular formula is C19H20Cl2N2O4S. The van der Waals surface area contributed by atoms with Crippen molar-refractivity contribution in [3.8, 4) is 5.75 Å². The first-order valence-electron chi connectivity index (χ1n) is 8.63. The number of hydrogen-bond acceptors (Lipinski definition) is 4. The molecule has 0 saturated carbocycles. The fourth-order valence-electron chi connectivity index (χ4n) is 3.04. The van der Waals surface area contributed by atoms with Gasteiger partial charge in [-0.3, -0.25) is 4.79 Å². The minimum Gasteiger partial charge on any atom is -0.484 e. The smallest absolute Gasteiger partial charge is 0.264 e. The number of nitrogens with zero attached hydrogens (tertiary/aromatic N) is 2. The van der Waals surface area contributed by atoms with E-state index in [0.717, 1.165) is 12.0 Å². The predicted octanol–water partition coefficient (Wildman–Crippen LogP) is 3.60. The van der Waals surface area contributed by atoms with Crippen LogP contribution >= 0.6 is 23.2 Å². The Kier molecular flexibility index (Phi) is 6.19. The van der Waals surface area contributed by atoms with Crippen molar-refractivity contribution in [1.29, 1.82) is 0 Å². The van der Waals surface area contributed by atoms with Gasteiger partial charge < -0.3 is 9.64 Å². The summed E-state index contributed by atoms with van der Waals surface area (Å²) in [6.45, 7) is 0.374. The number of aryl methyl sites for hydroxylation is 1. The van der Waals surface area contributed by atoms with Crippen LogP contribution in [0.4, 0.5) is 5.69 Å². The third-order valence-electron chi connectivity index (χ3n) is 4.45. The second-order valence-electron chi connectivity index (χ2n) is 6.62. The maximum Gasteiger partial charge on any atom is 0.264 e. The molecule has 6 nitrogen and oxygen atoms in total. The molecule has 0 bridgehead atoms. The predicted molar refractivity (Wildman–Crippen MR) is 110 cm³/mol. The summed E-state index contributed by atoms with van der Waals surface area (Å²) < 4.78 is 31.4. The van der Waals surface area contributed by atoms with Gasteiger partial charge in [0.1, 0.15) is 5.75 Å². The average Bonchev–Trinajstić information content (AvgIpc) is 2.64. The zero-order valence-electron chi connectivity index (χ0n) is 15.5. The molecule has 0 N–H and O–H groups in total. The lowest BCUT2D eigenvalue weighted by molar-refractivity contribution is -0.120. The van der Waals surface area contributed by atoms with Gasteiger partial charge in [-0.1, -0.05) is 23.2 Å². The zero-order valence-corrected chi connectivity index (χ0v) is 17.8. The molecule has 0 atom stereocenters. The number of sulfonamides is 1. The van der Waals surface area contributed by atoms with Crippen LogP contribution in [0.25, 0.3) is 0 Å². The van der Waals surface area contributed by atoms with E-state index in [9.17, 15) is 13.2 Å². The SMILES string of the molecule is CN(C)S(=O)(=O)c1ccc2c(c1)CCCN2C(=O)COc1cc(Cl)cc(Cl)c1. The molecule has 0 aliphatic carbocycles. The van der Waals surface area contributed by atoms with Crippen molar-refractivity contribution in [2.24, 2.45) is 0 Å². The summed E-state index contributed by atoms with van der Waals surface area (Å²) in [5, 5.41) is 0.848. The van der Waals surface area contributed by atoms with Gasteiger partial charge >= 0.3 is 0 Å². The Morgan fingerprint density at radius 1 is 1.14 bits per heavy atom. The van der Waals surface area contributed by atoms with Crippen molar-refractivity contribution in [3.05, 3.63) is 52.0 Å². The van der Waals surface area contributed by atoms with Crippen molar-refractivity contribution in [3.63, 3.8) is 0 Å². The molecule has 1 heterocycles. The molecule has 28 heavy (non-hydrogen) atoms. The van der Waals surface area contributed by atoms with Gasteiger partial charge in [0.05, 0.1) is 4.90 Å². The minimum absolute atomic E-state index is 0.173. The van der Waals surface area contributed by atoms with Gasteiger partial charge in [-0.05, 0) is 54.8 Å². The van der Waals surface area contributed by atoms with Crippen LogP contribution in [-0.2, 0) is 21.2 Å². The van der Waals surface area contributed by atoms with Crippen LogP contribution in [0.1, 0.15) is 12.0 Å². The van der Waals surface area contributed by atoms with E-state index in [-0.39, 0.29) is 17.4 Å². The van der Waals surface area contributed by atoms with Crippen LogP contribution in [0.2, 0.25) is 10.0 Å². The highest BCUT2D eigenvalue weighted by molar-refractivity contribution is 7.89. The van der Waals surface area contributed by atoms with Crippen molar-refractivity contribution >= 4 is 44.8 Å². The summed E-state index contributed by atoms with van der Waals surface area (Å²) in [4.78, 5) is 14.5. The second kappa shape index (κ2) is 8.29. The standard InChI is InChI=1S/C19H20Cl2N2O4S/c1-22(2)28(25,26)17-5-6-18-13(8-17)4-3-7-23(18)19(24)12-27-16-10-14(20)9-15(21)11-16/h5-6,8-11H,3-4,7,12H2,1-2H3. The van der Waals surface area contributed by atoms with Gasteiger partial charge in [0.2, 0.25) is 10.0 Å². The Hall–Kier alpha value is -1.80. The maximum absolute atomic E-state index is 12.7. The molecule has 1 aliphatic rings. The molecule has 1 aliphatic heterocycles. The lowest BCUT2D eigenvalue weighted by atomic mass is 10.0. The van der Waals surface area contributed by atoms with Gasteiger partial charge in [-0.25, -0.2) is 12.7 Å². The number of carbonyl (C=O) groups is 1. The summed E-state index contributed by atoms with van der Waals surface area (Å²) in [6, 6.07) is 9.60. The highest BCUT2D eigenvalue weighted by Gasteiger charge is 2.26. The molecule has 3 rings (SSSR count). The Balaban J connectivity index is 1.79. The largest absolute Gasteiger partial charge is 0.484 e. The summed E-state index contributed by atoms with van der Waals surface area (Å²) in [6.07, 6.45) is 1.45. The van der Waals surface area contributed by atoms with Crippen molar-refractivity contribution in [1.82, 2.24) is 4.31 Å². The van der Waals surface area contributed by atoms with Gasteiger partial charge in [0.15, 0.2) is 6.61 Å². The van der Waals surface area contributed by atoms with Crippen LogP contribution in [0, 0.1) is 0 Å². The number of carbonyl (C=O) groups excluding carboxylic acids is 1. The number of fused-ring (bicyclic) bond motifs is 1. The van der Waals surface area contributed by atoms with Crippen LogP contribution < -0.4 is 9.64 Å². The molecule has 0 aromatic heterocycles. The second-order valence-corrected chi connectivity index (χ2v) is 9.65. The van der Waals surface area contributed by atoms with E-state index >= 15 is 0 Å². The van der Waals surface area contributed by atoms with Gasteiger partial charge in [-0.15, -0.1) is 0 Å². The lowest BCUT2D eigenvalue weighted by Gasteiger charge is -2.30. The van der Waals surface area contributed by atoms with E-state index in [4.69, 9.17) is 27.9 Å². The van der Waals surface area contributed by atoms with Gasteiger partial charge in [-0.2, -0.15) is 0 Å². The fourth-order valence-corrected chi connectivity index (χ4v) is 4.50. The number of amides is 1. The van der Waals surface area contributed by atoms with Crippen LogP contribution in [0.3, 0.4) is 0 Å². The number of anilines is 1. The molecule has 1 amide bonds. The van der Waals surface area contributed by atoms with Crippen LogP contribution in [0.15, 0.2) is 41.3 Å². The lowest BCUT2D eigenvalue weighted by Crippen LogP contribution is -2.38. The summed E-state index contributed by atoms with van der Waals surface area (Å²) in [5.41, 5.74) is 1.54. The Bertz CT molecular complexity index is 989. The molecule has 9 heteroatoms. The summed E-state index contributed by atoms with van der Waals surface area (Å²) >= 11 is 11.9. The summed E-state index contributed by atoms with van der Waals surface area (Å²) in [5.74, 6) is 0.191. The molecular weight excluding hydrogens is 423 g/mol. The maximum atomic E-state index is 12.7. The first kappa shape index (κ1) is 20.9. The molecule has 150 valence electrons. The van der Waals surface area contributed by atoms with Gasteiger partial charge in [0.25, 0.3) is 5.91 Å². The van der Waals surface area contributed by atoms with E-state index in [0.29, 0.717) is 34.4 Å². The quantitative estimate of drug-likeness (QED) is 0.709. The highest BCUT2D eigenvalue weighted by Crippen LogP contribution is 2.30. The number of rotatable bonds is 5. The number of benzene rings is 2. The normalized spacial score (nSPS) is 14.1. The molecule has 0 unspecified atom stereocenters. The fraction of sp³-hybridized carbons (Fsp3) is 0.316. The molecule has 0 saturated heterocycles. The Morgan fingerprint density at radius 2 is 1.82 bits per heavy atom. The minimum atomic E-state index is -3.52.